The Kier molecular flexibility index (Phi) is 5.26. The standard InChI is InChI=1S/C19H20N4O3/c1-13(2)18-9-8-17(10-14(18)3)25-11-19(24)26-16-6-4-15(5-7-16)23-12-20-21-22-23/h4-10,12-13H,11H2,1-3H3. The van der Waals surface area contributed by atoms with Gasteiger partial charge in [-0.15, -0.1) is 5.10 Å². The molecule has 0 aliphatic heterocycles. The van der Waals surface area contributed by atoms with Gasteiger partial charge in [-0.1, -0.05) is 19.9 Å². The van der Waals surface area contributed by atoms with Crippen molar-refractivity contribution in [2.45, 2.75) is 26.7 Å². The van der Waals surface area contributed by atoms with Crippen molar-refractivity contribution >= 4 is 5.97 Å². The van der Waals surface area contributed by atoms with Crippen LogP contribution >= 0.6 is 0 Å². The minimum Gasteiger partial charge on any atom is -0.482 e. The molecule has 0 fully saturated rings. The molecule has 3 aromatic rings. The van der Waals surface area contributed by atoms with Gasteiger partial charge in [-0.2, -0.15) is 0 Å². The highest BCUT2D eigenvalue weighted by molar-refractivity contribution is 5.74. The maximum Gasteiger partial charge on any atom is 0.349 e. The second-order valence-corrected chi connectivity index (χ2v) is 6.18. The normalized spacial score (nSPS) is 10.8. The summed E-state index contributed by atoms with van der Waals surface area (Å²) in [6.07, 6.45) is 1.49. The topological polar surface area (TPSA) is 79.1 Å². The molecule has 7 nitrogen and oxygen atoms in total. The fourth-order valence-electron chi connectivity index (χ4n) is 2.64. The summed E-state index contributed by atoms with van der Waals surface area (Å²) in [6, 6.07) is 12.7. The van der Waals surface area contributed by atoms with Crippen LogP contribution in [0.5, 0.6) is 11.5 Å². The first kappa shape index (κ1) is 17.6. The number of hydrogen-bond acceptors (Lipinski definition) is 6. The molecule has 3 rings (SSSR count). The summed E-state index contributed by atoms with van der Waals surface area (Å²) >= 11 is 0. The first-order chi connectivity index (χ1) is 12.5. The van der Waals surface area contributed by atoms with E-state index >= 15 is 0 Å². The molecule has 0 aliphatic carbocycles. The third-order valence-electron chi connectivity index (χ3n) is 3.90. The van der Waals surface area contributed by atoms with Crippen LogP contribution in [0.3, 0.4) is 0 Å². The van der Waals surface area contributed by atoms with Gasteiger partial charge in [0.2, 0.25) is 0 Å². The second kappa shape index (κ2) is 7.77. The molecule has 26 heavy (non-hydrogen) atoms. The average molecular weight is 352 g/mol. The van der Waals surface area contributed by atoms with Crippen LogP contribution in [0.15, 0.2) is 48.8 Å². The molecule has 0 N–H and O–H groups in total. The number of esters is 1. The fourth-order valence-corrected chi connectivity index (χ4v) is 2.64. The highest BCUT2D eigenvalue weighted by atomic mass is 16.6. The molecule has 0 unspecified atom stereocenters. The van der Waals surface area contributed by atoms with E-state index in [1.807, 2.05) is 25.1 Å². The monoisotopic (exact) mass is 352 g/mol. The maximum atomic E-state index is 12.0. The van der Waals surface area contributed by atoms with Crippen LogP contribution in [-0.4, -0.2) is 32.8 Å². The van der Waals surface area contributed by atoms with Crippen LogP contribution in [0.1, 0.15) is 30.9 Å². The Morgan fingerprint density at radius 1 is 1.12 bits per heavy atom. The second-order valence-electron chi connectivity index (χ2n) is 6.18. The summed E-state index contributed by atoms with van der Waals surface area (Å²) < 4.78 is 12.3. The number of tetrazole rings is 1. The van der Waals surface area contributed by atoms with Gasteiger partial charge in [-0.05, 0) is 70.8 Å². The summed E-state index contributed by atoms with van der Waals surface area (Å²) in [7, 11) is 0. The van der Waals surface area contributed by atoms with Crippen molar-refractivity contribution in [3.63, 3.8) is 0 Å². The van der Waals surface area contributed by atoms with Crippen LogP contribution in [-0.2, 0) is 4.79 Å². The van der Waals surface area contributed by atoms with E-state index in [1.165, 1.54) is 16.6 Å². The van der Waals surface area contributed by atoms with Gasteiger partial charge in [0.1, 0.15) is 17.8 Å². The summed E-state index contributed by atoms with van der Waals surface area (Å²) in [5.74, 6) is 1.07. The van der Waals surface area contributed by atoms with Gasteiger partial charge in [0, 0.05) is 0 Å². The molecule has 0 atom stereocenters. The molecule has 1 aromatic heterocycles. The number of aryl methyl sites for hydroxylation is 1. The molecule has 1 heterocycles. The smallest absolute Gasteiger partial charge is 0.349 e. The molecule has 0 radical (unpaired) electrons. The minimum atomic E-state index is -0.467. The number of ether oxygens (including phenoxy) is 2. The van der Waals surface area contributed by atoms with Gasteiger partial charge in [0.05, 0.1) is 5.69 Å². The highest BCUT2D eigenvalue weighted by Crippen LogP contribution is 2.23. The Labute approximate surface area is 151 Å². The third-order valence-corrected chi connectivity index (χ3v) is 3.90. The number of nitrogens with zero attached hydrogens (tertiary/aromatic N) is 4. The zero-order valence-corrected chi connectivity index (χ0v) is 14.9. The largest absolute Gasteiger partial charge is 0.482 e. The van der Waals surface area contributed by atoms with Crippen LogP contribution in [0.25, 0.3) is 5.69 Å². The molecule has 7 heteroatoms. The number of hydrogen-bond donors (Lipinski definition) is 0. The number of carbonyl (C=O) groups is 1. The van der Waals surface area contributed by atoms with E-state index in [2.05, 4.69) is 29.4 Å². The quantitative estimate of drug-likeness (QED) is 0.501. The van der Waals surface area contributed by atoms with E-state index in [4.69, 9.17) is 9.47 Å². The SMILES string of the molecule is Cc1cc(OCC(=O)Oc2ccc(-n3cnnn3)cc2)ccc1C(C)C. The summed E-state index contributed by atoms with van der Waals surface area (Å²) in [5, 5.41) is 10.9. The van der Waals surface area contributed by atoms with E-state index < -0.39 is 5.97 Å². The Morgan fingerprint density at radius 2 is 1.85 bits per heavy atom. The lowest BCUT2D eigenvalue weighted by atomic mass is 9.98. The maximum absolute atomic E-state index is 12.0. The van der Waals surface area contributed by atoms with Crippen molar-refractivity contribution in [2.24, 2.45) is 0 Å². The van der Waals surface area contributed by atoms with Crippen molar-refractivity contribution in [1.29, 1.82) is 0 Å². The zero-order chi connectivity index (χ0) is 18.5. The minimum absolute atomic E-state index is 0.158. The summed E-state index contributed by atoms with van der Waals surface area (Å²) in [6.45, 7) is 6.16. The molecular weight excluding hydrogens is 332 g/mol. The van der Waals surface area contributed by atoms with Gasteiger partial charge in [0.25, 0.3) is 0 Å². The fraction of sp³-hybridized carbons (Fsp3) is 0.263. The van der Waals surface area contributed by atoms with Crippen molar-refractivity contribution in [3.8, 4) is 17.2 Å². The van der Waals surface area contributed by atoms with E-state index in [0.29, 0.717) is 17.4 Å². The lowest BCUT2D eigenvalue weighted by molar-refractivity contribution is -0.136. The number of aromatic nitrogens is 4. The van der Waals surface area contributed by atoms with Gasteiger partial charge in [0.15, 0.2) is 6.61 Å². The molecule has 0 saturated heterocycles. The van der Waals surface area contributed by atoms with Gasteiger partial charge >= 0.3 is 5.97 Å². The van der Waals surface area contributed by atoms with Crippen molar-refractivity contribution in [1.82, 2.24) is 20.2 Å². The lowest BCUT2D eigenvalue weighted by Gasteiger charge is -2.12. The first-order valence-electron chi connectivity index (χ1n) is 8.30. The molecule has 0 amide bonds. The van der Waals surface area contributed by atoms with Crippen LogP contribution in [0.2, 0.25) is 0 Å². The summed E-state index contributed by atoms with van der Waals surface area (Å²) in [5.41, 5.74) is 3.18. The Hall–Kier alpha value is -3.22. The van der Waals surface area contributed by atoms with Crippen LogP contribution in [0.4, 0.5) is 0 Å². The molecule has 0 bridgehead atoms. The van der Waals surface area contributed by atoms with E-state index in [1.54, 1.807) is 24.3 Å². The Bertz CT molecular complexity index is 874. The Morgan fingerprint density at radius 3 is 2.46 bits per heavy atom. The molecule has 0 saturated carbocycles. The highest BCUT2D eigenvalue weighted by Gasteiger charge is 2.09. The Balaban J connectivity index is 1.55. The van der Waals surface area contributed by atoms with Crippen LogP contribution in [0, 0.1) is 6.92 Å². The molecular formula is C19H20N4O3. The predicted molar refractivity (Wildman–Crippen MR) is 95.6 cm³/mol. The average Bonchev–Trinajstić information content (AvgIpc) is 3.15. The van der Waals surface area contributed by atoms with Gasteiger partial charge in [-0.3, -0.25) is 0 Å². The summed E-state index contributed by atoms with van der Waals surface area (Å²) in [4.78, 5) is 12.0. The van der Waals surface area contributed by atoms with E-state index in [-0.39, 0.29) is 6.61 Å². The number of rotatable bonds is 6. The first-order valence-corrected chi connectivity index (χ1v) is 8.30. The van der Waals surface area contributed by atoms with Gasteiger partial charge < -0.3 is 9.47 Å². The molecule has 0 spiro atoms. The van der Waals surface area contributed by atoms with E-state index in [0.717, 1.165) is 11.3 Å². The molecule has 134 valence electrons. The van der Waals surface area contributed by atoms with Crippen molar-refractivity contribution in [3.05, 3.63) is 59.9 Å². The van der Waals surface area contributed by atoms with E-state index in [9.17, 15) is 4.79 Å². The number of benzene rings is 2. The van der Waals surface area contributed by atoms with Crippen molar-refractivity contribution < 1.29 is 14.3 Å². The number of carbonyl (C=O) groups excluding carboxylic acids is 1. The van der Waals surface area contributed by atoms with Crippen molar-refractivity contribution in [2.75, 3.05) is 6.61 Å². The third kappa shape index (κ3) is 4.24. The molecule has 2 aromatic carbocycles. The lowest BCUT2D eigenvalue weighted by Crippen LogP contribution is -2.17. The predicted octanol–water partition coefficient (Wildman–Crippen LogP) is 3.08. The van der Waals surface area contributed by atoms with Crippen LogP contribution < -0.4 is 9.47 Å². The van der Waals surface area contributed by atoms with Gasteiger partial charge in [-0.25, -0.2) is 9.48 Å². The molecule has 0 aliphatic rings. The zero-order valence-electron chi connectivity index (χ0n) is 14.9.